The number of methoxy groups -OCH3 is 2. The first-order valence-electron chi connectivity index (χ1n) is 7.06. The van der Waals surface area contributed by atoms with E-state index in [2.05, 4.69) is 11.4 Å². The molecule has 1 rings (SSSR count). The van der Waals surface area contributed by atoms with Crippen LogP contribution in [0.25, 0.3) is 0 Å². The van der Waals surface area contributed by atoms with Crippen LogP contribution in [0.2, 0.25) is 0 Å². The summed E-state index contributed by atoms with van der Waals surface area (Å²) in [4.78, 5) is 0. The van der Waals surface area contributed by atoms with Crippen LogP contribution in [-0.4, -0.2) is 38.5 Å². The second-order valence-electron chi connectivity index (χ2n) is 5.24. The molecule has 0 aromatic heterocycles. The molecule has 0 aliphatic heterocycles. The summed E-state index contributed by atoms with van der Waals surface area (Å²) < 4.78 is 10.5. The van der Waals surface area contributed by atoms with Crippen LogP contribution in [0.15, 0.2) is 12.1 Å². The van der Waals surface area contributed by atoms with E-state index in [0.717, 1.165) is 42.0 Å². The minimum absolute atomic E-state index is 0.0399. The summed E-state index contributed by atoms with van der Waals surface area (Å²) in [6, 6.07) is 4.01. The molecule has 114 valence electrons. The Morgan fingerprint density at radius 1 is 1.25 bits per heavy atom. The third-order valence-corrected chi connectivity index (χ3v) is 3.44. The lowest BCUT2D eigenvalue weighted by atomic mass is 9.97. The lowest BCUT2D eigenvalue weighted by Gasteiger charge is -2.23. The summed E-state index contributed by atoms with van der Waals surface area (Å²) in [5.41, 5.74) is 3.02. The molecule has 0 bridgehead atoms. The maximum Gasteiger partial charge on any atom is 0.127 e. The predicted molar refractivity (Wildman–Crippen MR) is 81.4 cm³/mol. The van der Waals surface area contributed by atoms with Crippen LogP contribution in [0, 0.1) is 13.8 Å². The fourth-order valence-electron chi connectivity index (χ4n) is 2.41. The molecule has 2 N–H and O–H groups in total. The Bertz CT molecular complexity index is 420. The van der Waals surface area contributed by atoms with Crippen LogP contribution in [0.5, 0.6) is 5.75 Å². The van der Waals surface area contributed by atoms with Crippen molar-refractivity contribution in [2.24, 2.45) is 0 Å². The number of aliphatic hydroxyl groups excluding tert-OH is 1. The number of benzene rings is 1. The van der Waals surface area contributed by atoms with Crippen LogP contribution < -0.4 is 10.1 Å². The van der Waals surface area contributed by atoms with Crippen molar-refractivity contribution < 1.29 is 14.6 Å². The summed E-state index contributed by atoms with van der Waals surface area (Å²) >= 11 is 0. The molecule has 0 aliphatic carbocycles. The van der Waals surface area contributed by atoms with Crippen molar-refractivity contribution in [1.29, 1.82) is 0 Å². The van der Waals surface area contributed by atoms with Gasteiger partial charge in [-0.15, -0.1) is 0 Å². The van der Waals surface area contributed by atoms with E-state index in [9.17, 15) is 5.11 Å². The Hall–Kier alpha value is -1.10. The lowest BCUT2D eigenvalue weighted by molar-refractivity contribution is 0.129. The topological polar surface area (TPSA) is 50.7 Å². The van der Waals surface area contributed by atoms with E-state index in [1.165, 1.54) is 0 Å². The highest BCUT2D eigenvalue weighted by atomic mass is 16.5. The van der Waals surface area contributed by atoms with Gasteiger partial charge in [0, 0.05) is 25.3 Å². The standard InChI is InChI=1S/C16H27NO3/c1-11-9-12(2)16(20-5)14(10-11)15(18)13(3)17-7-6-8-19-4/h9-10,13,15,17-18H,6-8H2,1-5H3. The molecular weight excluding hydrogens is 254 g/mol. The van der Waals surface area contributed by atoms with Crippen molar-refractivity contribution in [2.75, 3.05) is 27.4 Å². The Labute approximate surface area is 122 Å². The second kappa shape index (κ2) is 8.25. The largest absolute Gasteiger partial charge is 0.496 e. The zero-order valence-corrected chi connectivity index (χ0v) is 13.2. The number of aliphatic hydroxyl groups is 1. The van der Waals surface area contributed by atoms with E-state index in [4.69, 9.17) is 9.47 Å². The van der Waals surface area contributed by atoms with Crippen molar-refractivity contribution >= 4 is 0 Å². The van der Waals surface area contributed by atoms with E-state index in [1.807, 2.05) is 26.8 Å². The molecule has 0 radical (unpaired) electrons. The molecular formula is C16H27NO3. The lowest BCUT2D eigenvalue weighted by Crippen LogP contribution is -2.33. The molecule has 4 nitrogen and oxygen atoms in total. The second-order valence-corrected chi connectivity index (χ2v) is 5.24. The first kappa shape index (κ1) is 17.0. The van der Waals surface area contributed by atoms with Gasteiger partial charge in [-0.2, -0.15) is 0 Å². The number of hydrogen-bond donors (Lipinski definition) is 2. The minimum Gasteiger partial charge on any atom is -0.496 e. The molecule has 0 saturated carbocycles. The van der Waals surface area contributed by atoms with Gasteiger partial charge in [0.1, 0.15) is 5.75 Å². The van der Waals surface area contributed by atoms with Crippen molar-refractivity contribution in [2.45, 2.75) is 39.3 Å². The molecule has 0 saturated heterocycles. The van der Waals surface area contributed by atoms with Crippen LogP contribution in [0.3, 0.4) is 0 Å². The molecule has 0 heterocycles. The Morgan fingerprint density at radius 2 is 1.95 bits per heavy atom. The predicted octanol–water partition coefficient (Wildman–Crippen LogP) is 2.36. The summed E-state index contributed by atoms with van der Waals surface area (Å²) in [5, 5.41) is 13.9. The highest BCUT2D eigenvalue weighted by molar-refractivity contribution is 5.45. The maximum atomic E-state index is 10.5. The zero-order chi connectivity index (χ0) is 15.1. The quantitative estimate of drug-likeness (QED) is 0.718. The fourth-order valence-corrected chi connectivity index (χ4v) is 2.41. The van der Waals surface area contributed by atoms with Crippen molar-refractivity contribution in [3.05, 3.63) is 28.8 Å². The van der Waals surface area contributed by atoms with Gasteiger partial charge in [-0.1, -0.05) is 11.6 Å². The SMILES string of the molecule is COCCCNC(C)C(O)c1cc(C)cc(C)c1OC. The summed E-state index contributed by atoms with van der Waals surface area (Å²) in [6.45, 7) is 7.55. The van der Waals surface area contributed by atoms with E-state index < -0.39 is 6.10 Å². The number of aryl methyl sites for hydroxylation is 2. The van der Waals surface area contributed by atoms with Crippen LogP contribution in [-0.2, 0) is 4.74 Å². The highest BCUT2D eigenvalue weighted by Crippen LogP contribution is 2.31. The molecule has 1 aromatic rings. The summed E-state index contributed by atoms with van der Waals surface area (Å²) in [6.07, 6.45) is 0.337. The van der Waals surface area contributed by atoms with Gasteiger partial charge in [-0.05, 0) is 45.4 Å². The first-order chi connectivity index (χ1) is 9.51. The van der Waals surface area contributed by atoms with Crippen molar-refractivity contribution in [3.8, 4) is 5.75 Å². The average molecular weight is 281 g/mol. The van der Waals surface area contributed by atoms with Gasteiger partial charge in [0.15, 0.2) is 0 Å². The molecule has 2 atom stereocenters. The van der Waals surface area contributed by atoms with E-state index in [-0.39, 0.29) is 6.04 Å². The Kier molecular flexibility index (Phi) is 6.99. The molecule has 0 aliphatic rings. The smallest absolute Gasteiger partial charge is 0.127 e. The van der Waals surface area contributed by atoms with Gasteiger partial charge in [-0.25, -0.2) is 0 Å². The molecule has 0 amide bonds. The molecule has 4 heteroatoms. The normalized spacial score (nSPS) is 14.1. The van der Waals surface area contributed by atoms with Gasteiger partial charge < -0.3 is 19.9 Å². The van der Waals surface area contributed by atoms with E-state index in [1.54, 1.807) is 14.2 Å². The minimum atomic E-state index is -0.592. The number of ether oxygens (including phenoxy) is 2. The van der Waals surface area contributed by atoms with E-state index >= 15 is 0 Å². The maximum absolute atomic E-state index is 10.5. The van der Waals surface area contributed by atoms with Crippen LogP contribution in [0.4, 0.5) is 0 Å². The average Bonchev–Trinajstić information content (AvgIpc) is 2.41. The van der Waals surface area contributed by atoms with E-state index in [0.29, 0.717) is 0 Å². The third kappa shape index (κ3) is 4.47. The van der Waals surface area contributed by atoms with Gasteiger partial charge in [0.05, 0.1) is 13.2 Å². The summed E-state index contributed by atoms with van der Waals surface area (Å²) in [7, 11) is 3.34. The fraction of sp³-hybridized carbons (Fsp3) is 0.625. The van der Waals surface area contributed by atoms with Gasteiger partial charge in [0.2, 0.25) is 0 Å². The first-order valence-corrected chi connectivity index (χ1v) is 7.06. The summed E-state index contributed by atoms with van der Waals surface area (Å²) in [5.74, 6) is 0.772. The third-order valence-electron chi connectivity index (χ3n) is 3.44. The zero-order valence-electron chi connectivity index (χ0n) is 13.2. The van der Waals surface area contributed by atoms with Gasteiger partial charge in [-0.3, -0.25) is 0 Å². The number of hydrogen-bond acceptors (Lipinski definition) is 4. The van der Waals surface area contributed by atoms with Crippen molar-refractivity contribution in [1.82, 2.24) is 5.32 Å². The Balaban J connectivity index is 2.77. The molecule has 0 fully saturated rings. The molecule has 0 spiro atoms. The molecule has 1 aromatic carbocycles. The number of rotatable bonds is 8. The monoisotopic (exact) mass is 281 g/mol. The van der Waals surface area contributed by atoms with Crippen LogP contribution >= 0.6 is 0 Å². The Morgan fingerprint density at radius 3 is 2.55 bits per heavy atom. The van der Waals surface area contributed by atoms with Gasteiger partial charge in [0.25, 0.3) is 0 Å². The van der Waals surface area contributed by atoms with Crippen molar-refractivity contribution in [3.63, 3.8) is 0 Å². The molecule has 2 unspecified atom stereocenters. The highest BCUT2D eigenvalue weighted by Gasteiger charge is 2.21. The van der Waals surface area contributed by atoms with Gasteiger partial charge >= 0.3 is 0 Å². The molecule has 20 heavy (non-hydrogen) atoms. The van der Waals surface area contributed by atoms with Crippen LogP contribution in [0.1, 0.15) is 36.1 Å². The number of nitrogens with one attached hydrogen (secondary N) is 1.